The Labute approximate surface area is 134 Å². The van der Waals surface area contributed by atoms with Crippen molar-refractivity contribution in [1.29, 1.82) is 0 Å². The molecule has 7 heteroatoms. The van der Waals surface area contributed by atoms with Gasteiger partial charge in [0.2, 0.25) is 0 Å². The molecular formula is C16H16N4O2S. The molecule has 0 bridgehead atoms. The summed E-state index contributed by atoms with van der Waals surface area (Å²) in [7, 11) is -3.69. The van der Waals surface area contributed by atoms with Crippen molar-refractivity contribution < 1.29 is 8.42 Å². The third-order valence-electron chi connectivity index (χ3n) is 3.41. The third-order valence-corrected chi connectivity index (χ3v) is 5.06. The highest BCUT2D eigenvalue weighted by Crippen LogP contribution is 2.22. The van der Waals surface area contributed by atoms with Crippen LogP contribution in [-0.4, -0.2) is 23.6 Å². The van der Waals surface area contributed by atoms with Gasteiger partial charge in [-0.15, -0.1) is 0 Å². The standard InChI is InChI=1S/C16H16N4O2S/c1-11-16(12(2)19-18-11)23(21,22)20-14-8-9-15(17-10-14)13-6-4-3-5-7-13/h3-10,20H,1-2H3,(H,18,19). The lowest BCUT2D eigenvalue weighted by Gasteiger charge is -2.08. The first-order chi connectivity index (χ1) is 11.0. The van der Waals surface area contributed by atoms with Gasteiger partial charge in [0.1, 0.15) is 4.90 Å². The number of aryl methyl sites for hydroxylation is 2. The average Bonchev–Trinajstić information content (AvgIpc) is 2.88. The number of aromatic amines is 1. The molecule has 118 valence electrons. The molecule has 0 fully saturated rings. The van der Waals surface area contributed by atoms with E-state index in [1.165, 1.54) is 6.20 Å². The van der Waals surface area contributed by atoms with Crippen molar-refractivity contribution in [2.24, 2.45) is 0 Å². The lowest BCUT2D eigenvalue weighted by atomic mass is 10.1. The molecule has 23 heavy (non-hydrogen) atoms. The van der Waals surface area contributed by atoms with Gasteiger partial charge in [-0.1, -0.05) is 30.3 Å². The zero-order chi connectivity index (χ0) is 16.4. The Kier molecular flexibility index (Phi) is 3.87. The molecule has 2 N–H and O–H groups in total. The van der Waals surface area contributed by atoms with E-state index in [1.54, 1.807) is 26.0 Å². The van der Waals surface area contributed by atoms with Crippen molar-refractivity contribution in [2.75, 3.05) is 4.72 Å². The van der Waals surface area contributed by atoms with Gasteiger partial charge >= 0.3 is 0 Å². The second-order valence-electron chi connectivity index (χ2n) is 5.17. The largest absolute Gasteiger partial charge is 0.281 e. The lowest BCUT2D eigenvalue weighted by molar-refractivity contribution is 0.600. The van der Waals surface area contributed by atoms with Crippen LogP contribution in [0.15, 0.2) is 53.6 Å². The molecule has 1 aromatic carbocycles. The van der Waals surface area contributed by atoms with Crippen molar-refractivity contribution in [3.05, 3.63) is 60.0 Å². The monoisotopic (exact) mass is 328 g/mol. The van der Waals surface area contributed by atoms with E-state index in [-0.39, 0.29) is 4.90 Å². The van der Waals surface area contributed by atoms with E-state index in [4.69, 9.17) is 0 Å². The van der Waals surface area contributed by atoms with Crippen LogP contribution in [0.2, 0.25) is 0 Å². The quantitative estimate of drug-likeness (QED) is 0.771. The van der Waals surface area contributed by atoms with E-state index in [2.05, 4.69) is 19.9 Å². The van der Waals surface area contributed by atoms with Crippen LogP contribution >= 0.6 is 0 Å². The van der Waals surface area contributed by atoms with Crippen LogP contribution in [0.3, 0.4) is 0 Å². The van der Waals surface area contributed by atoms with Gasteiger partial charge in [0, 0.05) is 5.56 Å². The summed E-state index contributed by atoms with van der Waals surface area (Å²) in [4.78, 5) is 4.48. The first kappa shape index (κ1) is 15.2. The van der Waals surface area contributed by atoms with Crippen LogP contribution in [-0.2, 0) is 10.0 Å². The number of anilines is 1. The van der Waals surface area contributed by atoms with Crippen molar-refractivity contribution in [3.63, 3.8) is 0 Å². The first-order valence-electron chi connectivity index (χ1n) is 7.03. The van der Waals surface area contributed by atoms with E-state index in [1.807, 2.05) is 30.3 Å². The van der Waals surface area contributed by atoms with Crippen LogP contribution < -0.4 is 4.72 Å². The average molecular weight is 328 g/mol. The Morgan fingerprint density at radius 2 is 1.78 bits per heavy atom. The highest BCUT2D eigenvalue weighted by Gasteiger charge is 2.22. The van der Waals surface area contributed by atoms with E-state index in [0.29, 0.717) is 17.1 Å². The maximum Gasteiger partial charge on any atom is 0.265 e. The number of sulfonamides is 1. The Morgan fingerprint density at radius 1 is 1.04 bits per heavy atom. The second-order valence-corrected chi connectivity index (χ2v) is 6.79. The number of hydrogen-bond donors (Lipinski definition) is 2. The molecule has 0 aliphatic carbocycles. The summed E-state index contributed by atoms with van der Waals surface area (Å²) in [6, 6.07) is 13.2. The van der Waals surface area contributed by atoms with Gasteiger partial charge in [-0.05, 0) is 26.0 Å². The normalized spacial score (nSPS) is 11.4. The first-order valence-corrected chi connectivity index (χ1v) is 8.51. The minimum absolute atomic E-state index is 0.171. The maximum atomic E-state index is 12.5. The minimum atomic E-state index is -3.69. The molecule has 0 unspecified atom stereocenters. The fourth-order valence-electron chi connectivity index (χ4n) is 2.38. The molecule has 0 aliphatic heterocycles. The molecular weight excluding hydrogens is 312 g/mol. The summed E-state index contributed by atoms with van der Waals surface area (Å²) in [5.41, 5.74) is 3.10. The topological polar surface area (TPSA) is 87.7 Å². The molecule has 2 aromatic heterocycles. The van der Waals surface area contributed by atoms with E-state index >= 15 is 0 Å². The van der Waals surface area contributed by atoms with Crippen LogP contribution in [0.4, 0.5) is 5.69 Å². The van der Waals surface area contributed by atoms with Crippen LogP contribution in [0.1, 0.15) is 11.4 Å². The van der Waals surface area contributed by atoms with E-state index in [9.17, 15) is 8.42 Å². The number of benzene rings is 1. The van der Waals surface area contributed by atoms with Gasteiger partial charge in [-0.25, -0.2) is 8.42 Å². The predicted molar refractivity (Wildman–Crippen MR) is 88.5 cm³/mol. The molecule has 0 saturated carbocycles. The lowest BCUT2D eigenvalue weighted by Crippen LogP contribution is -2.14. The fraction of sp³-hybridized carbons (Fsp3) is 0.125. The molecule has 2 heterocycles. The maximum absolute atomic E-state index is 12.5. The molecule has 3 rings (SSSR count). The van der Waals surface area contributed by atoms with Gasteiger partial charge in [0.25, 0.3) is 10.0 Å². The Balaban J connectivity index is 1.87. The Hall–Kier alpha value is -2.67. The summed E-state index contributed by atoms with van der Waals surface area (Å²) in [6.45, 7) is 3.32. The van der Waals surface area contributed by atoms with Crippen LogP contribution in [0.5, 0.6) is 0 Å². The predicted octanol–water partition coefficient (Wildman–Crippen LogP) is 2.89. The van der Waals surface area contributed by atoms with Crippen molar-refractivity contribution in [1.82, 2.24) is 15.2 Å². The molecule has 0 atom stereocenters. The zero-order valence-corrected chi connectivity index (χ0v) is 13.6. The zero-order valence-electron chi connectivity index (χ0n) is 12.7. The second kappa shape index (κ2) is 5.85. The van der Waals surface area contributed by atoms with Crippen LogP contribution in [0, 0.1) is 13.8 Å². The van der Waals surface area contributed by atoms with Crippen molar-refractivity contribution >= 4 is 15.7 Å². The SMILES string of the molecule is Cc1n[nH]c(C)c1S(=O)(=O)Nc1ccc(-c2ccccc2)nc1. The summed E-state index contributed by atoms with van der Waals surface area (Å²) in [6.07, 6.45) is 1.50. The number of pyridine rings is 1. The van der Waals surface area contributed by atoms with Gasteiger partial charge in [0.15, 0.2) is 0 Å². The number of rotatable bonds is 4. The smallest absolute Gasteiger partial charge is 0.265 e. The molecule has 3 aromatic rings. The third kappa shape index (κ3) is 3.09. The van der Waals surface area contributed by atoms with Crippen molar-refractivity contribution in [2.45, 2.75) is 18.7 Å². The van der Waals surface area contributed by atoms with Gasteiger partial charge in [0.05, 0.1) is 29.0 Å². The molecule has 0 saturated heterocycles. The van der Waals surface area contributed by atoms with Gasteiger partial charge < -0.3 is 0 Å². The van der Waals surface area contributed by atoms with E-state index < -0.39 is 10.0 Å². The van der Waals surface area contributed by atoms with E-state index in [0.717, 1.165) is 11.3 Å². The molecule has 0 amide bonds. The molecule has 0 spiro atoms. The van der Waals surface area contributed by atoms with Gasteiger partial charge in [-0.3, -0.25) is 14.8 Å². The molecule has 0 aliphatic rings. The number of hydrogen-bond acceptors (Lipinski definition) is 4. The summed E-state index contributed by atoms with van der Waals surface area (Å²) < 4.78 is 27.5. The number of nitrogens with zero attached hydrogens (tertiary/aromatic N) is 2. The van der Waals surface area contributed by atoms with Crippen LogP contribution in [0.25, 0.3) is 11.3 Å². The summed E-state index contributed by atoms with van der Waals surface area (Å²) >= 11 is 0. The molecule has 6 nitrogen and oxygen atoms in total. The number of nitrogens with one attached hydrogen (secondary N) is 2. The van der Waals surface area contributed by atoms with Crippen molar-refractivity contribution in [3.8, 4) is 11.3 Å². The highest BCUT2D eigenvalue weighted by molar-refractivity contribution is 7.92. The fourth-order valence-corrected chi connectivity index (χ4v) is 3.79. The molecule has 0 radical (unpaired) electrons. The summed E-state index contributed by atoms with van der Waals surface area (Å²) in [5, 5.41) is 6.59. The number of H-pyrrole nitrogens is 1. The Morgan fingerprint density at radius 3 is 2.35 bits per heavy atom. The number of aromatic nitrogens is 3. The summed E-state index contributed by atoms with van der Waals surface area (Å²) in [5.74, 6) is 0. The Bertz CT molecular complexity index is 897. The van der Waals surface area contributed by atoms with Gasteiger partial charge in [-0.2, -0.15) is 5.10 Å². The minimum Gasteiger partial charge on any atom is -0.281 e. The highest BCUT2D eigenvalue weighted by atomic mass is 32.2.